The van der Waals surface area contributed by atoms with Crippen molar-refractivity contribution in [2.45, 2.75) is 52.1 Å². The van der Waals surface area contributed by atoms with Crippen molar-refractivity contribution in [3.05, 3.63) is 55.6 Å². The lowest BCUT2D eigenvalue weighted by atomic mass is 9.97. The van der Waals surface area contributed by atoms with Crippen molar-refractivity contribution in [1.82, 2.24) is 9.55 Å². The summed E-state index contributed by atoms with van der Waals surface area (Å²) in [4.78, 5) is 20.3. The minimum absolute atomic E-state index is 0.0953. The molecular formula is C20H22ClN3OS. The minimum Gasteiger partial charge on any atom is -0.351 e. The largest absolute Gasteiger partial charge is 0.351 e. The molecule has 0 saturated carbocycles. The Morgan fingerprint density at radius 3 is 2.88 bits per heavy atom. The zero-order chi connectivity index (χ0) is 18.1. The summed E-state index contributed by atoms with van der Waals surface area (Å²) < 4.78 is 1.79. The van der Waals surface area contributed by atoms with Gasteiger partial charge in [0, 0.05) is 23.0 Å². The maximum atomic E-state index is 13.2. The molecule has 1 aromatic carbocycles. The molecule has 0 bridgehead atoms. The van der Waals surface area contributed by atoms with Crippen molar-refractivity contribution in [2.24, 2.45) is 0 Å². The molecule has 4 rings (SSSR count). The SMILES string of the molecule is CCCn1c(NCc2ccccc2Cl)nc2sc3c(c2c1=O)CCCC3. The number of hydrogen-bond donors (Lipinski definition) is 1. The molecular weight excluding hydrogens is 366 g/mol. The van der Waals surface area contributed by atoms with E-state index in [1.54, 1.807) is 15.9 Å². The second-order valence-corrected chi connectivity index (χ2v) is 8.22. The molecule has 136 valence electrons. The fourth-order valence-corrected chi connectivity index (χ4v) is 5.07. The maximum absolute atomic E-state index is 13.2. The van der Waals surface area contributed by atoms with E-state index in [0.29, 0.717) is 19.0 Å². The van der Waals surface area contributed by atoms with E-state index in [0.717, 1.165) is 40.1 Å². The third-order valence-corrected chi connectivity index (χ3v) is 6.47. The van der Waals surface area contributed by atoms with Crippen LogP contribution in [0.25, 0.3) is 10.2 Å². The topological polar surface area (TPSA) is 46.9 Å². The van der Waals surface area contributed by atoms with E-state index in [4.69, 9.17) is 16.6 Å². The van der Waals surface area contributed by atoms with Crippen molar-refractivity contribution >= 4 is 39.1 Å². The number of nitrogens with zero attached hydrogens (tertiary/aromatic N) is 2. The minimum atomic E-state index is 0.0953. The van der Waals surface area contributed by atoms with Gasteiger partial charge in [0.15, 0.2) is 0 Å². The van der Waals surface area contributed by atoms with Gasteiger partial charge in [-0.1, -0.05) is 36.7 Å². The Bertz CT molecular complexity index is 1010. The number of rotatable bonds is 5. The van der Waals surface area contributed by atoms with Crippen LogP contribution < -0.4 is 10.9 Å². The van der Waals surface area contributed by atoms with E-state index in [1.807, 2.05) is 24.3 Å². The normalized spacial score (nSPS) is 13.8. The Kier molecular flexibility index (Phi) is 5.00. The summed E-state index contributed by atoms with van der Waals surface area (Å²) in [6.45, 7) is 3.29. The molecule has 3 aromatic rings. The highest BCUT2D eigenvalue weighted by atomic mass is 35.5. The van der Waals surface area contributed by atoms with E-state index < -0.39 is 0 Å². The Balaban J connectivity index is 1.77. The Morgan fingerprint density at radius 1 is 1.27 bits per heavy atom. The monoisotopic (exact) mass is 387 g/mol. The zero-order valence-corrected chi connectivity index (χ0v) is 16.4. The Labute approximate surface area is 161 Å². The van der Waals surface area contributed by atoms with E-state index in [1.165, 1.54) is 23.3 Å². The van der Waals surface area contributed by atoms with E-state index in [9.17, 15) is 4.79 Å². The number of thiophene rings is 1. The number of halogens is 1. The van der Waals surface area contributed by atoms with Crippen molar-refractivity contribution in [3.8, 4) is 0 Å². The first kappa shape index (κ1) is 17.6. The highest BCUT2D eigenvalue weighted by molar-refractivity contribution is 7.18. The summed E-state index contributed by atoms with van der Waals surface area (Å²) in [6.07, 6.45) is 5.34. The summed E-state index contributed by atoms with van der Waals surface area (Å²) in [5.41, 5.74) is 2.34. The average Bonchev–Trinajstić information content (AvgIpc) is 3.02. The molecule has 4 nitrogen and oxygen atoms in total. The molecule has 1 aliphatic carbocycles. The molecule has 0 unspecified atom stereocenters. The van der Waals surface area contributed by atoms with E-state index in [2.05, 4.69) is 12.2 Å². The average molecular weight is 388 g/mol. The van der Waals surface area contributed by atoms with Crippen molar-refractivity contribution in [2.75, 3.05) is 5.32 Å². The van der Waals surface area contributed by atoms with Crippen molar-refractivity contribution in [1.29, 1.82) is 0 Å². The van der Waals surface area contributed by atoms with Gasteiger partial charge in [0.05, 0.1) is 5.39 Å². The molecule has 0 spiro atoms. The van der Waals surface area contributed by atoms with Crippen LogP contribution in [0.3, 0.4) is 0 Å². The molecule has 0 saturated heterocycles. The Morgan fingerprint density at radius 2 is 2.08 bits per heavy atom. The summed E-state index contributed by atoms with van der Waals surface area (Å²) in [6, 6.07) is 7.74. The van der Waals surface area contributed by atoms with Crippen LogP contribution >= 0.6 is 22.9 Å². The number of hydrogen-bond acceptors (Lipinski definition) is 4. The van der Waals surface area contributed by atoms with Gasteiger partial charge in [0.1, 0.15) is 4.83 Å². The maximum Gasteiger partial charge on any atom is 0.263 e. The Hall–Kier alpha value is -1.85. The quantitative estimate of drug-likeness (QED) is 0.669. The van der Waals surface area contributed by atoms with Gasteiger partial charge in [0.2, 0.25) is 5.95 Å². The molecule has 0 amide bonds. The van der Waals surface area contributed by atoms with Gasteiger partial charge in [-0.05, 0) is 49.3 Å². The molecule has 0 radical (unpaired) electrons. The zero-order valence-electron chi connectivity index (χ0n) is 14.8. The first-order valence-corrected chi connectivity index (χ1v) is 10.4. The number of benzene rings is 1. The molecule has 0 fully saturated rings. The fraction of sp³-hybridized carbons (Fsp3) is 0.400. The van der Waals surface area contributed by atoms with E-state index in [-0.39, 0.29) is 5.56 Å². The van der Waals surface area contributed by atoms with Crippen LogP contribution in [0, 0.1) is 0 Å². The van der Waals surface area contributed by atoms with Gasteiger partial charge < -0.3 is 5.32 Å². The molecule has 26 heavy (non-hydrogen) atoms. The van der Waals surface area contributed by atoms with Crippen LogP contribution in [0.5, 0.6) is 0 Å². The van der Waals surface area contributed by atoms with Gasteiger partial charge in [-0.2, -0.15) is 0 Å². The van der Waals surface area contributed by atoms with E-state index >= 15 is 0 Å². The molecule has 1 N–H and O–H groups in total. The molecule has 0 aliphatic heterocycles. The lowest BCUT2D eigenvalue weighted by molar-refractivity contribution is 0.651. The molecule has 0 atom stereocenters. The third kappa shape index (κ3) is 3.14. The number of fused-ring (bicyclic) bond motifs is 3. The number of aromatic nitrogens is 2. The fourth-order valence-electron chi connectivity index (χ4n) is 3.62. The summed E-state index contributed by atoms with van der Waals surface area (Å²) >= 11 is 7.95. The number of nitrogens with one attached hydrogen (secondary N) is 1. The first-order valence-electron chi connectivity index (χ1n) is 9.21. The van der Waals surface area contributed by atoms with Crippen LogP contribution in [0.2, 0.25) is 5.02 Å². The van der Waals surface area contributed by atoms with Crippen LogP contribution in [-0.2, 0) is 25.9 Å². The van der Waals surface area contributed by atoms with Crippen LogP contribution in [0.4, 0.5) is 5.95 Å². The summed E-state index contributed by atoms with van der Waals surface area (Å²) in [7, 11) is 0. The number of anilines is 1. The third-order valence-electron chi connectivity index (χ3n) is 4.92. The standard InChI is InChI=1S/C20H22ClN3OS/c1-2-11-24-19(25)17-14-8-4-6-10-16(14)26-18(17)23-20(24)22-12-13-7-3-5-9-15(13)21/h3,5,7,9H,2,4,6,8,10-12H2,1H3,(H,22,23). The number of aryl methyl sites for hydroxylation is 2. The van der Waals surface area contributed by atoms with Crippen molar-refractivity contribution in [3.63, 3.8) is 0 Å². The predicted octanol–water partition coefficient (Wildman–Crippen LogP) is 5.01. The predicted molar refractivity (Wildman–Crippen MR) is 110 cm³/mol. The van der Waals surface area contributed by atoms with Crippen LogP contribution in [-0.4, -0.2) is 9.55 Å². The van der Waals surface area contributed by atoms with Gasteiger partial charge in [0.25, 0.3) is 5.56 Å². The van der Waals surface area contributed by atoms with Crippen LogP contribution in [0.1, 0.15) is 42.2 Å². The summed E-state index contributed by atoms with van der Waals surface area (Å²) in [5, 5.41) is 4.91. The summed E-state index contributed by atoms with van der Waals surface area (Å²) in [5.74, 6) is 0.642. The molecule has 2 heterocycles. The van der Waals surface area contributed by atoms with Gasteiger partial charge >= 0.3 is 0 Å². The molecule has 2 aromatic heterocycles. The van der Waals surface area contributed by atoms with Gasteiger partial charge in [-0.25, -0.2) is 4.98 Å². The smallest absolute Gasteiger partial charge is 0.263 e. The van der Waals surface area contributed by atoms with Crippen molar-refractivity contribution < 1.29 is 0 Å². The van der Waals surface area contributed by atoms with Gasteiger partial charge in [-0.15, -0.1) is 11.3 Å². The lowest BCUT2D eigenvalue weighted by Gasteiger charge is -2.14. The molecule has 6 heteroatoms. The van der Waals surface area contributed by atoms with Gasteiger partial charge in [-0.3, -0.25) is 9.36 Å². The highest BCUT2D eigenvalue weighted by Crippen LogP contribution is 2.34. The second kappa shape index (κ2) is 7.41. The lowest BCUT2D eigenvalue weighted by Crippen LogP contribution is -2.25. The van der Waals surface area contributed by atoms with Crippen LogP contribution in [0.15, 0.2) is 29.1 Å². The highest BCUT2D eigenvalue weighted by Gasteiger charge is 2.21. The first-order chi connectivity index (χ1) is 12.7. The second-order valence-electron chi connectivity index (χ2n) is 6.73. The molecule has 1 aliphatic rings.